The zero-order valence-electron chi connectivity index (χ0n) is 20.2. The number of halogens is 1. The molecule has 1 atom stereocenters. The summed E-state index contributed by atoms with van der Waals surface area (Å²) in [5.74, 6) is 0.133. The number of phenolic OH excluding ortho intramolecular Hbond substituents is 1. The average Bonchev–Trinajstić information content (AvgIpc) is 3.23. The van der Waals surface area contributed by atoms with E-state index in [0.717, 1.165) is 29.7 Å². The van der Waals surface area contributed by atoms with Gasteiger partial charge in [0.1, 0.15) is 0 Å². The van der Waals surface area contributed by atoms with Crippen LogP contribution in [0.3, 0.4) is 0 Å². The van der Waals surface area contributed by atoms with Crippen LogP contribution in [0.5, 0.6) is 11.5 Å². The molecule has 2 heterocycles. The summed E-state index contributed by atoms with van der Waals surface area (Å²) >= 11 is 9.26. The number of aromatic hydroxyl groups is 1. The molecule has 186 valence electrons. The molecule has 8 heteroatoms. The van der Waals surface area contributed by atoms with Crippen LogP contribution in [0.4, 0.5) is 0 Å². The lowest BCUT2D eigenvalue weighted by molar-refractivity contribution is 0.373. The summed E-state index contributed by atoms with van der Waals surface area (Å²) in [6.45, 7) is 0. The van der Waals surface area contributed by atoms with Crippen LogP contribution < -0.4 is 19.6 Å². The molecule has 1 N–H and O–H groups in total. The Morgan fingerprint density at radius 3 is 2.70 bits per heavy atom. The van der Waals surface area contributed by atoms with Gasteiger partial charge in [-0.1, -0.05) is 59.3 Å². The summed E-state index contributed by atoms with van der Waals surface area (Å²) < 4.78 is 7.62. The third-order valence-electron chi connectivity index (χ3n) is 6.87. The van der Waals surface area contributed by atoms with Gasteiger partial charge in [0.2, 0.25) is 0 Å². The Kier molecular flexibility index (Phi) is 6.23. The SMILES string of the molecule is COc1cc(C=c2sc3n(c2=O)C(c2ccc(SC)cc2)C2=C(N=3)c3ccccc3CC2)cc(Cl)c1O. The van der Waals surface area contributed by atoms with E-state index in [-0.39, 0.29) is 28.1 Å². The number of hydrogen-bond donors (Lipinski definition) is 1. The zero-order chi connectivity index (χ0) is 25.7. The third-order valence-corrected chi connectivity index (χ3v) is 8.89. The van der Waals surface area contributed by atoms with E-state index in [9.17, 15) is 9.90 Å². The maximum Gasteiger partial charge on any atom is 0.271 e. The number of ether oxygens (including phenoxy) is 1. The van der Waals surface area contributed by atoms with Crippen molar-refractivity contribution in [3.63, 3.8) is 0 Å². The second kappa shape index (κ2) is 9.56. The fourth-order valence-electron chi connectivity index (χ4n) is 5.09. The number of methoxy groups -OCH3 is 1. The molecule has 0 saturated heterocycles. The predicted molar refractivity (Wildman–Crippen MR) is 151 cm³/mol. The normalized spacial score (nSPS) is 16.6. The summed E-state index contributed by atoms with van der Waals surface area (Å²) in [6.07, 6.45) is 5.60. The smallest absolute Gasteiger partial charge is 0.271 e. The van der Waals surface area contributed by atoms with Gasteiger partial charge >= 0.3 is 0 Å². The molecule has 0 saturated carbocycles. The van der Waals surface area contributed by atoms with Crippen molar-refractivity contribution in [2.24, 2.45) is 4.99 Å². The Labute approximate surface area is 227 Å². The van der Waals surface area contributed by atoms with Gasteiger partial charge < -0.3 is 9.84 Å². The van der Waals surface area contributed by atoms with Crippen LogP contribution in [0.2, 0.25) is 5.02 Å². The van der Waals surface area contributed by atoms with Crippen molar-refractivity contribution in [2.75, 3.05) is 13.4 Å². The molecule has 3 aromatic carbocycles. The molecule has 1 aliphatic heterocycles. The molecular weight excluding hydrogens is 524 g/mol. The molecule has 0 spiro atoms. The largest absolute Gasteiger partial charge is 0.503 e. The monoisotopic (exact) mass is 546 g/mol. The van der Waals surface area contributed by atoms with E-state index < -0.39 is 0 Å². The highest BCUT2D eigenvalue weighted by Crippen LogP contribution is 2.41. The second-order valence-electron chi connectivity index (χ2n) is 8.94. The number of thiazole rings is 1. The Hall–Kier alpha value is -3.26. The average molecular weight is 547 g/mol. The summed E-state index contributed by atoms with van der Waals surface area (Å²) in [5.41, 5.74) is 6.21. The molecule has 4 aromatic rings. The molecule has 5 nitrogen and oxygen atoms in total. The first-order valence-electron chi connectivity index (χ1n) is 11.8. The number of benzene rings is 3. The van der Waals surface area contributed by atoms with Gasteiger partial charge in [-0.2, -0.15) is 0 Å². The van der Waals surface area contributed by atoms with E-state index in [1.807, 2.05) is 10.6 Å². The first kappa shape index (κ1) is 24.1. The first-order valence-corrected chi connectivity index (χ1v) is 14.2. The maximum absolute atomic E-state index is 13.9. The third kappa shape index (κ3) is 4.11. The summed E-state index contributed by atoms with van der Waals surface area (Å²) in [6, 6.07) is 19.9. The minimum absolute atomic E-state index is 0.101. The van der Waals surface area contributed by atoms with Gasteiger partial charge in [0, 0.05) is 10.5 Å². The number of aryl methyl sites for hydroxylation is 1. The number of aromatic nitrogens is 1. The van der Waals surface area contributed by atoms with Crippen molar-refractivity contribution in [2.45, 2.75) is 23.8 Å². The molecule has 6 rings (SSSR count). The number of thioether (sulfide) groups is 1. The minimum Gasteiger partial charge on any atom is -0.503 e. The molecular formula is C29H23ClN2O3S2. The van der Waals surface area contributed by atoms with Crippen LogP contribution in [0.1, 0.15) is 34.7 Å². The Balaban J connectivity index is 1.59. The molecule has 0 bridgehead atoms. The molecule has 0 fully saturated rings. The Morgan fingerprint density at radius 2 is 1.95 bits per heavy atom. The van der Waals surface area contributed by atoms with E-state index in [1.165, 1.54) is 34.5 Å². The van der Waals surface area contributed by atoms with Gasteiger partial charge in [0.05, 0.1) is 28.4 Å². The molecule has 1 unspecified atom stereocenters. The van der Waals surface area contributed by atoms with Gasteiger partial charge in [-0.15, -0.1) is 11.8 Å². The zero-order valence-corrected chi connectivity index (χ0v) is 22.6. The fraction of sp³-hybridized carbons (Fsp3) is 0.172. The number of allylic oxidation sites excluding steroid dienone is 1. The molecule has 1 aliphatic carbocycles. The van der Waals surface area contributed by atoms with Gasteiger partial charge in [0.25, 0.3) is 5.56 Å². The first-order chi connectivity index (χ1) is 18.0. The lowest BCUT2D eigenvalue weighted by Crippen LogP contribution is -2.38. The standard InChI is InChI=1S/C29H23ClN2O3S2/c1-35-23-14-16(13-22(30)27(23)33)15-24-28(34)32-26(18-7-10-19(36-2)11-8-18)21-12-9-17-5-3-4-6-20(17)25(21)31-29(32)37-24/h3-8,10-11,13-15,26,33H,9,12H2,1-2H3. The topological polar surface area (TPSA) is 63.8 Å². The van der Waals surface area contributed by atoms with Crippen molar-refractivity contribution in [1.29, 1.82) is 0 Å². The van der Waals surface area contributed by atoms with E-state index in [2.05, 4.69) is 48.7 Å². The van der Waals surface area contributed by atoms with Gasteiger partial charge in [0.15, 0.2) is 16.3 Å². The van der Waals surface area contributed by atoms with Gasteiger partial charge in [-0.25, -0.2) is 4.99 Å². The quantitative estimate of drug-likeness (QED) is 0.348. The highest BCUT2D eigenvalue weighted by atomic mass is 35.5. The second-order valence-corrected chi connectivity index (χ2v) is 11.2. The van der Waals surface area contributed by atoms with E-state index >= 15 is 0 Å². The maximum atomic E-state index is 13.9. The highest BCUT2D eigenvalue weighted by molar-refractivity contribution is 7.98. The summed E-state index contributed by atoms with van der Waals surface area (Å²) in [5, 5.41) is 10.3. The molecule has 1 aromatic heterocycles. The molecule has 2 aliphatic rings. The van der Waals surface area contributed by atoms with Crippen molar-refractivity contribution in [3.05, 3.63) is 113 Å². The van der Waals surface area contributed by atoms with Gasteiger partial charge in [-0.3, -0.25) is 9.36 Å². The number of hydrogen-bond acceptors (Lipinski definition) is 6. The minimum atomic E-state index is -0.226. The van der Waals surface area contributed by atoms with Crippen molar-refractivity contribution >= 4 is 46.5 Å². The van der Waals surface area contributed by atoms with Crippen LogP contribution in [0.25, 0.3) is 11.8 Å². The van der Waals surface area contributed by atoms with Crippen LogP contribution in [-0.4, -0.2) is 23.0 Å². The lowest BCUT2D eigenvalue weighted by Gasteiger charge is -2.30. The van der Waals surface area contributed by atoms with Crippen molar-refractivity contribution < 1.29 is 9.84 Å². The molecule has 0 amide bonds. The molecule has 37 heavy (non-hydrogen) atoms. The van der Waals surface area contributed by atoms with Crippen LogP contribution >= 0.6 is 34.7 Å². The highest BCUT2D eigenvalue weighted by Gasteiger charge is 2.32. The summed E-state index contributed by atoms with van der Waals surface area (Å²) in [7, 11) is 1.47. The summed E-state index contributed by atoms with van der Waals surface area (Å²) in [4.78, 5) is 20.8. The van der Waals surface area contributed by atoms with Gasteiger partial charge in [-0.05, 0) is 71.7 Å². The fourth-order valence-corrected chi connectivity index (χ4v) is 6.72. The number of phenols is 1. The number of fused-ring (bicyclic) bond motifs is 3. The predicted octanol–water partition coefficient (Wildman–Crippen LogP) is 5.41. The number of nitrogens with zero attached hydrogens (tertiary/aromatic N) is 2. The van der Waals surface area contributed by atoms with E-state index in [0.29, 0.717) is 14.9 Å². The van der Waals surface area contributed by atoms with Crippen LogP contribution in [-0.2, 0) is 6.42 Å². The lowest BCUT2D eigenvalue weighted by atomic mass is 9.83. The number of rotatable bonds is 4. The van der Waals surface area contributed by atoms with E-state index in [1.54, 1.807) is 30.0 Å². The van der Waals surface area contributed by atoms with E-state index in [4.69, 9.17) is 21.3 Å². The Bertz CT molecular complexity index is 1750. The van der Waals surface area contributed by atoms with Crippen molar-refractivity contribution in [3.8, 4) is 11.5 Å². The van der Waals surface area contributed by atoms with Crippen LogP contribution in [0.15, 0.2) is 80.9 Å². The molecule has 0 radical (unpaired) electrons. The van der Waals surface area contributed by atoms with Crippen molar-refractivity contribution in [1.82, 2.24) is 4.57 Å². The Morgan fingerprint density at radius 1 is 1.16 bits per heavy atom. The van der Waals surface area contributed by atoms with Crippen LogP contribution in [0, 0.1) is 0 Å².